The summed E-state index contributed by atoms with van der Waals surface area (Å²) in [6.07, 6.45) is 4.66. The molecule has 0 aliphatic carbocycles. The van der Waals surface area contributed by atoms with Crippen molar-refractivity contribution in [1.82, 2.24) is 20.3 Å². The Morgan fingerprint density at radius 3 is 3.00 bits per heavy atom. The van der Waals surface area contributed by atoms with Gasteiger partial charge in [0, 0.05) is 18.6 Å². The van der Waals surface area contributed by atoms with Gasteiger partial charge in [-0.05, 0) is 19.1 Å². The molecule has 0 unspecified atom stereocenters. The number of aromatic nitrogens is 3. The number of pyridine rings is 1. The minimum atomic E-state index is -0.268. The van der Waals surface area contributed by atoms with E-state index in [1.807, 2.05) is 0 Å². The molecule has 0 bridgehead atoms. The molecule has 0 saturated carbocycles. The zero-order valence-electron chi connectivity index (χ0n) is 11.5. The molecule has 1 amide bonds. The van der Waals surface area contributed by atoms with Crippen molar-refractivity contribution in [2.75, 3.05) is 6.61 Å². The Morgan fingerprint density at radius 1 is 1.38 bits per heavy atom. The molecule has 6 nitrogen and oxygen atoms in total. The topological polar surface area (TPSA) is 88.0 Å². The van der Waals surface area contributed by atoms with Crippen LogP contribution in [-0.2, 0) is 6.54 Å². The number of amides is 1. The van der Waals surface area contributed by atoms with E-state index in [-0.39, 0.29) is 12.5 Å². The van der Waals surface area contributed by atoms with E-state index in [0.29, 0.717) is 23.5 Å². The van der Waals surface area contributed by atoms with Crippen LogP contribution in [0.2, 0.25) is 0 Å². The summed E-state index contributed by atoms with van der Waals surface area (Å²) in [5.41, 5.74) is 1.62. The summed E-state index contributed by atoms with van der Waals surface area (Å²) < 4.78 is 0. The van der Waals surface area contributed by atoms with Crippen molar-refractivity contribution in [2.24, 2.45) is 0 Å². The molecule has 21 heavy (non-hydrogen) atoms. The summed E-state index contributed by atoms with van der Waals surface area (Å²) in [6.45, 7) is 1.82. The Kier molecular flexibility index (Phi) is 4.96. The second-order valence-corrected chi connectivity index (χ2v) is 4.16. The van der Waals surface area contributed by atoms with E-state index in [0.717, 1.165) is 5.69 Å². The van der Waals surface area contributed by atoms with Gasteiger partial charge in [0.25, 0.3) is 5.91 Å². The summed E-state index contributed by atoms with van der Waals surface area (Å²) in [7, 11) is 0. The molecule has 6 heteroatoms. The van der Waals surface area contributed by atoms with Crippen LogP contribution in [0, 0.1) is 18.8 Å². The number of aliphatic hydroxyl groups excluding tert-OH is 1. The number of carbonyl (C=O) groups excluding carboxylic acids is 1. The monoisotopic (exact) mass is 282 g/mol. The van der Waals surface area contributed by atoms with Crippen molar-refractivity contribution >= 4 is 5.91 Å². The lowest BCUT2D eigenvalue weighted by Crippen LogP contribution is -2.24. The van der Waals surface area contributed by atoms with Crippen molar-refractivity contribution in [3.63, 3.8) is 0 Å². The minimum absolute atomic E-state index is 0.268. The molecular formula is C15H14N4O2. The highest BCUT2D eigenvalue weighted by molar-refractivity contribution is 5.96. The van der Waals surface area contributed by atoms with Gasteiger partial charge in [0.2, 0.25) is 0 Å². The van der Waals surface area contributed by atoms with E-state index in [1.54, 1.807) is 25.3 Å². The summed E-state index contributed by atoms with van der Waals surface area (Å²) >= 11 is 0. The van der Waals surface area contributed by atoms with Crippen LogP contribution in [0.1, 0.15) is 27.4 Å². The second-order valence-electron chi connectivity index (χ2n) is 4.16. The van der Waals surface area contributed by atoms with Gasteiger partial charge in [-0.25, -0.2) is 9.97 Å². The average molecular weight is 282 g/mol. The van der Waals surface area contributed by atoms with Crippen molar-refractivity contribution in [3.8, 4) is 11.8 Å². The normalized spacial score (nSPS) is 9.62. The Labute approximate surface area is 122 Å². The van der Waals surface area contributed by atoms with Gasteiger partial charge in [-0.1, -0.05) is 11.8 Å². The zero-order chi connectivity index (χ0) is 15.1. The largest absolute Gasteiger partial charge is 0.384 e. The molecule has 0 atom stereocenters. The lowest BCUT2D eigenvalue weighted by atomic mass is 10.1. The number of aryl methyl sites for hydroxylation is 1. The summed E-state index contributed by atoms with van der Waals surface area (Å²) in [5, 5.41) is 11.5. The van der Waals surface area contributed by atoms with Gasteiger partial charge in [-0.15, -0.1) is 0 Å². The van der Waals surface area contributed by atoms with Crippen molar-refractivity contribution < 1.29 is 9.90 Å². The minimum Gasteiger partial charge on any atom is -0.384 e. The van der Waals surface area contributed by atoms with Crippen LogP contribution in [0.15, 0.2) is 30.7 Å². The maximum Gasteiger partial charge on any atom is 0.252 e. The molecular weight excluding hydrogens is 268 g/mol. The second kappa shape index (κ2) is 7.12. The van der Waals surface area contributed by atoms with Crippen LogP contribution >= 0.6 is 0 Å². The van der Waals surface area contributed by atoms with Gasteiger partial charge in [0.1, 0.15) is 12.4 Å². The lowest BCUT2D eigenvalue weighted by molar-refractivity contribution is 0.0950. The molecule has 0 radical (unpaired) electrons. The first kappa shape index (κ1) is 14.6. The molecule has 0 spiro atoms. The van der Waals surface area contributed by atoms with Gasteiger partial charge in [-0.3, -0.25) is 9.78 Å². The molecule has 0 aliphatic rings. The van der Waals surface area contributed by atoms with Crippen molar-refractivity contribution in [3.05, 3.63) is 53.4 Å². The Bertz CT molecular complexity index is 704. The Hall–Kier alpha value is -2.78. The standard InChI is InChI=1S/C15H14N4O2/c1-11-17-7-4-13(19-11)10-18-15(21)14-5-6-16-9-12(14)3-2-8-20/h4-7,9,20H,8,10H2,1H3,(H,18,21). The number of carbonyl (C=O) groups is 1. The SMILES string of the molecule is Cc1nccc(CNC(=O)c2ccncc2C#CCO)n1. The summed E-state index contributed by atoms with van der Waals surface area (Å²) in [5.74, 6) is 5.59. The highest BCUT2D eigenvalue weighted by Gasteiger charge is 2.10. The van der Waals surface area contributed by atoms with Crippen LogP contribution in [0.4, 0.5) is 0 Å². The van der Waals surface area contributed by atoms with E-state index in [9.17, 15) is 4.79 Å². The predicted molar refractivity (Wildman–Crippen MR) is 76.1 cm³/mol. The van der Waals surface area contributed by atoms with Crippen molar-refractivity contribution in [1.29, 1.82) is 0 Å². The number of hydrogen-bond donors (Lipinski definition) is 2. The fourth-order valence-electron chi connectivity index (χ4n) is 1.70. The number of aliphatic hydroxyl groups is 1. The fourth-order valence-corrected chi connectivity index (χ4v) is 1.70. The molecule has 2 aromatic heterocycles. The lowest BCUT2D eigenvalue weighted by Gasteiger charge is -2.06. The molecule has 2 N–H and O–H groups in total. The van der Waals surface area contributed by atoms with Crippen molar-refractivity contribution in [2.45, 2.75) is 13.5 Å². The number of rotatable bonds is 3. The van der Waals surface area contributed by atoms with E-state index >= 15 is 0 Å². The van der Waals surface area contributed by atoms with Gasteiger partial charge in [0.05, 0.1) is 23.4 Å². The maximum absolute atomic E-state index is 12.2. The average Bonchev–Trinajstić information content (AvgIpc) is 2.51. The Morgan fingerprint density at radius 2 is 2.24 bits per heavy atom. The smallest absolute Gasteiger partial charge is 0.252 e. The third-order valence-electron chi connectivity index (χ3n) is 2.63. The van der Waals surface area contributed by atoms with Crippen LogP contribution in [0.5, 0.6) is 0 Å². The highest BCUT2D eigenvalue weighted by atomic mass is 16.2. The van der Waals surface area contributed by atoms with E-state index < -0.39 is 0 Å². The quantitative estimate of drug-likeness (QED) is 0.798. The number of hydrogen-bond acceptors (Lipinski definition) is 5. The van der Waals surface area contributed by atoms with Gasteiger partial charge in [-0.2, -0.15) is 0 Å². The van der Waals surface area contributed by atoms with Crippen LogP contribution in [0.3, 0.4) is 0 Å². The number of nitrogens with one attached hydrogen (secondary N) is 1. The van der Waals surface area contributed by atoms with Crippen LogP contribution in [-0.4, -0.2) is 32.6 Å². The van der Waals surface area contributed by atoms with Gasteiger partial charge >= 0.3 is 0 Å². The molecule has 2 rings (SSSR count). The third kappa shape index (κ3) is 4.09. The first-order valence-corrected chi connectivity index (χ1v) is 6.31. The molecule has 2 heterocycles. The maximum atomic E-state index is 12.2. The first-order valence-electron chi connectivity index (χ1n) is 6.31. The van der Waals surface area contributed by atoms with E-state index in [4.69, 9.17) is 5.11 Å². The Balaban J connectivity index is 2.10. The molecule has 0 aliphatic heterocycles. The first-order chi connectivity index (χ1) is 10.2. The molecule has 106 valence electrons. The fraction of sp³-hybridized carbons (Fsp3) is 0.200. The van der Waals surface area contributed by atoms with Gasteiger partial charge in [0.15, 0.2) is 0 Å². The summed E-state index contributed by atoms with van der Waals surface area (Å²) in [4.78, 5) is 24.3. The molecule has 0 saturated heterocycles. The summed E-state index contributed by atoms with van der Waals surface area (Å²) in [6, 6.07) is 3.33. The highest BCUT2D eigenvalue weighted by Crippen LogP contribution is 2.06. The van der Waals surface area contributed by atoms with Crippen LogP contribution < -0.4 is 5.32 Å². The zero-order valence-corrected chi connectivity index (χ0v) is 11.5. The molecule has 0 aromatic carbocycles. The molecule has 0 fully saturated rings. The molecule has 2 aromatic rings. The number of nitrogens with zero attached hydrogens (tertiary/aromatic N) is 3. The van der Waals surface area contributed by atoms with Crippen LogP contribution in [0.25, 0.3) is 0 Å². The van der Waals surface area contributed by atoms with Gasteiger partial charge < -0.3 is 10.4 Å². The van der Waals surface area contributed by atoms with E-state index in [1.165, 1.54) is 12.4 Å². The van der Waals surface area contributed by atoms with E-state index in [2.05, 4.69) is 32.1 Å². The predicted octanol–water partition coefficient (Wildman–Crippen LogP) is 0.454. The third-order valence-corrected chi connectivity index (χ3v) is 2.63.